The van der Waals surface area contributed by atoms with Gasteiger partial charge in [0.1, 0.15) is 5.82 Å². The predicted octanol–water partition coefficient (Wildman–Crippen LogP) is 3.26. The second kappa shape index (κ2) is 7.87. The topological polar surface area (TPSA) is 80.0 Å². The van der Waals surface area contributed by atoms with E-state index in [0.717, 1.165) is 16.8 Å². The molecule has 0 spiro atoms. The van der Waals surface area contributed by atoms with Gasteiger partial charge >= 0.3 is 0 Å². The summed E-state index contributed by atoms with van der Waals surface area (Å²) in [5, 5.41) is 8.21. The van der Waals surface area contributed by atoms with Crippen molar-refractivity contribution in [2.24, 2.45) is 0 Å². The van der Waals surface area contributed by atoms with Crippen molar-refractivity contribution in [2.45, 2.75) is 6.54 Å². The summed E-state index contributed by atoms with van der Waals surface area (Å²) in [5.74, 6) is -0.451. The van der Waals surface area contributed by atoms with Crippen molar-refractivity contribution in [3.05, 3.63) is 65.3 Å². The van der Waals surface area contributed by atoms with Crippen molar-refractivity contribution in [1.29, 1.82) is 0 Å². The summed E-state index contributed by atoms with van der Waals surface area (Å²) in [6, 6.07) is 13.7. The molecular formula is C18H17FN4OS. The fourth-order valence-electron chi connectivity index (χ4n) is 2.32. The Kier molecular flexibility index (Phi) is 5.37. The van der Waals surface area contributed by atoms with Gasteiger partial charge in [-0.05, 0) is 29.8 Å². The Labute approximate surface area is 148 Å². The molecule has 1 aromatic heterocycles. The Bertz CT molecular complexity index is 864. The van der Waals surface area contributed by atoms with E-state index in [2.05, 4.69) is 15.6 Å². The van der Waals surface area contributed by atoms with Crippen molar-refractivity contribution in [2.75, 3.05) is 17.6 Å². The summed E-state index contributed by atoms with van der Waals surface area (Å²) < 4.78 is 13.1. The Balaban J connectivity index is 1.49. The molecule has 0 bridgehead atoms. The molecule has 0 saturated carbocycles. The molecule has 25 heavy (non-hydrogen) atoms. The van der Waals surface area contributed by atoms with Gasteiger partial charge in [0.15, 0.2) is 5.13 Å². The summed E-state index contributed by atoms with van der Waals surface area (Å²) in [4.78, 5) is 16.2. The van der Waals surface area contributed by atoms with Crippen LogP contribution in [0.25, 0.3) is 11.3 Å². The van der Waals surface area contributed by atoms with Crippen molar-refractivity contribution in [3.8, 4) is 11.3 Å². The molecule has 0 aliphatic carbocycles. The molecule has 0 saturated heterocycles. The number of hydrogen-bond donors (Lipinski definition) is 3. The highest BCUT2D eigenvalue weighted by Crippen LogP contribution is 2.24. The van der Waals surface area contributed by atoms with Crippen LogP contribution in [-0.4, -0.2) is 17.4 Å². The number of rotatable bonds is 6. The van der Waals surface area contributed by atoms with Gasteiger partial charge in [-0.1, -0.05) is 24.3 Å². The molecule has 7 heteroatoms. The number of carbonyl (C=O) groups excluding carboxylic acids is 1. The van der Waals surface area contributed by atoms with Gasteiger partial charge in [-0.2, -0.15) is 0 Å². The zero-order chi connectivity index (χ0) is 17.6. The van der Waals surface area contributed by atoms with Crippen LogP contribution in [0.2, 0.25) is 0 Å². The fourth-order valence-corrected chi connectivity index (χ4v) is 2.89. The quantitative estimate of drug-likeness (QED) is 0.633. The number of nitrogens with two attached hydrogens (primary N) is 1. The molecule has 0 aliphatic heterocycles. The molecule has 0 aliphatic rings. The van der Waals surface area contributed by atoms with E-state index >= 15 is 0 Å². The average Bonchev–Trinajstić information content (AvgIpc) is 3.02. The van der Waals surface area contributed by atoms with Crippen molar-refractivity contribution < 1.29 is 9.18 Å². The molecule has 5 nitrogen and oxygen atoms in total. The van der Waals surface area contributed by atoms with Crippen LogP contribution in [0.1, 0.15) is 5.56 Å². The molecule has 128 valence electrons. The van der Waals surface area contributed by atoms with E-state index in [4.69, 9.17) is 5.73 Å². The standard InChI is InChI=1S/C18H17FN4OS/c19-14-3-1-2-12(8-14)9-21-10-17(24)22-15-6-4-13(5-7-15)16-11-25-18(20)23-16/h1-8,11,21H,9-10H2,(H2,20,23)(H,22,24). The van der Waals surface area contributed by atoms with E-state index in [0.29, 0.717) is 17.4 Å². The maximum atomic E-state index is 13.1. The molecule has 3 rings (SSSR count). The molecule has 2 aromatic carbocycles. The van der Waals surface area contributed by atoms with Crippen molar-refractivity contribution >= 4 is 28.1 Å². The van der Waals surface area contributed by atoms with Gasteiger partial charge in [-0.15, -0.1) is 11.3 Å². The Morgan fingerprint density at radius 3 is 2.68 bits per heavy atom. The van der Waals surface area contributed by atoms with Crippen LogP contribution < -0.4 is 16.4 Å². The molecular weight excluding hydrogens is 339 g/mol. The minimum Gasteiger partial charge on any atom is -0.375 e. The first-order valence-electron chi connectivity index (χ1n) is 7.66. The number of aromatic nitrogens is 1. The third-order valence-corrected chi connectivity index (χ3v) is 4.16. The summed E-state index contributed by atoms with van der Waals surface area (Å²) in [7, 11) is 0. The van der Waals surface area contributed by atoms with Crippen LogP contribution in [0, 0.1) is 5.82 Å². The number of nitrogen functional groups attached to an aromatic ring is 1. The molecule has 1 amide bonds. The largest absolute Gasteiger partial charge is 0.375 e. The SMILES string of the molecule is Nc1nc(-c2ccc(NC(=O)CNCc3cccc(F)c3)cc2)cs1. The van der Waals surface area contributed by atoms with Crippen molar-refractivity contribution in [3.63, 3.8) is 0 Å². The third kappa shape index (κ3) is 4.85. The van der Waals surface area contributed by atoms with Gasteiger partial charge in [0.2, 0.25) is 5.91 Å². The number of nitrogens with zero attached hydrogens (tertiary/aromatic N) is 1. The van der Waals surface area contributed by atoms with E-state index in [9.17, 15) is 9.18 Å². The number of benzene rings is 2. The summed E-state index contributed by atoms with van der Waals surface area (Å²) in [5.41, 5.74) is 8.88. The van der Waals surface area contributed by atoms with Crippen LogP contribution in [0.3, 0.4) is 0 Å². The molecule has 0 radical (unpaired) electrons. The molecule has 0 fully saturated rings. The van der Waals surface area contributed by atoms with Crippen LogP contribution in [-0.2, 0) is 11.3 Å². The van der Waals surface area contributed by atoms with E-state index in [1.165, 1.54) is 23.5 Å². The monoisotopic (exact) mass is 356 g/mol. The normalized spacial score (nSPS) is 10.6. The molecule has 0 unspecified atom stereocenters. The molecule has 0 atom stereocenters. The van der Waals surface area contributed by atoms with E-state index in [1.807, 2.05) is 29.6 Å². The molecule has 1 heterocycles. The molecule has 3 aromatic rings. The van der Waals surface area contributed by atoms with Crippen molar-refractivity contribution in [1.82, 2.24) is 10.3 Å². The van der Waals surface area contributed by atoms with Gasteiger partial charge in [-0.25, -0.2) is 9.37 Å². The number of anilines is 2. The third-order valence-electron chi connectivity index (χ3n) is 3.49. The Hall–Kier alpha value is -2.77. The molecule has 4 N–H and O–H groups in total. The number of amides is 1. The lowest BCUT2D eigenvalue weighted by molar-refractivity contribution is -0.115. The number of thiazole rings is 1. The second-order valence-corrected chi connectivity index (χ2v) is 6.32. The maximum Gasteiger partial charge on any atom is 0.238 e. The fraction of sp³-hybridized carbons (Fsp3) is 0.111. The van der Waals surface area contributed by atoms with E-state index in [-0.39, 0.29) is 18.3 Å². The zero-order valence-electron chi connectivity index (χ0n) is 13.3. The van der Waals surface area contributed by atoms with Crippen LogP contribution in [0.4, 0.5) is 15.2 Å². The smallest absolute Gasteiger partial charge is 0.238 e. The minimum atomic E-state index is -0.286. The van der Waals surface area contributed by atoms with Gasteiger partial charge in [0.05, 0.1) is 12.2 Å². The van der Waals surface area contributed by atoms with Crippen LogP contribution >= 0.6 is 11.3 Å². The number of hydrogen-bond acceptors (Lipinski definition) is 5. The maximum absolute atomic E-state index is 13.1. The Morgan fingerprint density at radius 1 is 1.20 bits per heavy atom. The van der Waals surface area contributed by atoms with E-state index < -0.39 is 0 Å². The van der Waals surface area contributed by atoms with Crippen LogP contribution in [0.5, 0.6) is 0 Å². The van der Waals surface area contributed by atoms with Gasteiger partial charge in [-0.3, -0.25) is 4.79 Å². The summed E-state index contributed by atoms with van der Waals surface area (Å²) >= 11 is 1.39. The lowest BCUT2D eigenvalue weighted by Crippen LogP contribution is -2.27. The summed E-state index contributed by atoms with van der Waals surface area (Å²) in [6.45, 7) is 0.566. The highest BCUT2D eigenvalue weighted by atomic mass is 32.1. The van der Waals surface area contributed by atoms with Gasteiger partial charge in [0.25, 0.3) is 0 Å². The highest BCUT2D eigenvalue weighted by molar-refractivity contribution is 7.13. The lowest BCUT2D eigenvalue weighted by atomic mass is 10.1. The van der Waals surface area contributed by atoms with Crippen LogP contribution in [0.15, 0.2) is 53.9 Å². The number of halogens is 1. The zero-order valence-corrected chi connectivity index (χ0v) is 14.1. The lowest BCUT2D eigenvalue weighted by Gasteiger charge is -2.07. The van der Waals surface area contributed by atoms with Gasteiger partial charge in [0, 0.05) is 23.2 Å². The number of nitrogens with one attached hydrogen (secondary N) is 2. The first kappa shape index (κ1) is 17.1. The Morgan fingerprint density at radius 2 is 2.00 bits per heavy atom. The van der Waals surface area contributed by atoms with Gasteiger partial charge < -0.3 is 16.4 Å². The second-order valence-electron chi connectivity index (χ2n) is 5.43. The van der Waals surface area contributed by atoms with E-state index in [1.54, 1.807) is 12.1 Å². The first-order valence-corrected chi connectivity index (χ1v) is 8.54. The average molecular weight is 356 g/mol. The summed E-state index contributed by atoms with van der Waals surface area (Å²) in [6.07, 6.45) is 0. The minimum absolute atomic E-state index is 0.140. The number of carbonyl (C=O) groups is 1. The highest BCUT2D eigenvalue weighted by Gasteiger charge is 2.05. The first-order chi connectivity index (χ1) is 12.1. The predicted molar refractivity (Wildman–Crippen MR) is 98.7 cm³/mol.